The van der Waals surface area contributed by atoms with Gasteiger partial charge < -0.3 is 10.2 Å². The maximum Gasteiger partial charge on any atom is 0.452 e. The number of nitrogens with one attached hydrogen (secondary N) is 1. The van der Waals surface area contributed by atoms with E-state index in [9.17, 15) is 13.2 Å². The van der Waals surface area contributed by atoms with Crippen molar-refractivity contribution in [1.29, 1.82) is 0 Å². The summed E-state index contributed by atoms with van der Waals surface area (Å²) in [6.45, 7) is 2.37. The molecule has 1 aliphatic heterocycles. The van der Waals surface area contributed by atoms with Crippen molar-refractivity contribution in [3.8, 4) is 0 Å². The molecule has 0 saturated carbocycles. The fourth-order valence-electron chi connectivity index (χ4n) is 1.92. The van der Waals surface area contributed by atoms with E-state index in [4.69, 9.17) is 0 Å². The van der Waals surface area contributed by atoms with E-state index in [0.717, 1.165) is 37.6 Å². The quantitative estimate of drug-likeness (QED) is 0.902. The topological polar surface area (TPSA) is 41.0 Å². The fourth-order valence-corrected chi connectivity index (χ4v) is 2.64. The van der Waals surface area contributed by atoms with Gasteiger partial charge in [0.15, 0.2) is 0 Å². The van der Waals surface area contributed by atoms with Crippen LogP contribution in [0.3, 0.4) is 0 Å². The number of nitrogens with zero attached hydrogens (tertiary/aromatic N) is 3. The molecule has 0 amide bonds. The highest BCUT2D eigenvalue weighted by molar-refractivity contribution is 7.09. The van der Waals surface area contributed by atoms with Gasteiger partial charge in [-0.1, -0.05) is 0 Å². The fraction of sp³-hybridized carbons (Fsp3) is 0.778. The van der Waals surface area contributed by atoms with E-state index in [1.165, 1.54) is 0 Å². The maximum absolute atomic E-state index is 12.3. The van der Waals surface area contributed by atoms with Crippen molar-refractivity contribution in [3.05, 3.63) is 5.82 Å². The zero-order chi connectivity index (χ0) is 12.5. The molecule has 1 atom stereocenters. The molecule has 0 radical (unpaired) electrons. The van der Waals surface area contributed by atoms with E-state index >= 15 is 0 Å². The average Bonchev–Trinajstić information content (AvgIpc) is 2.82. The molecule has 0 aromatic carbocycles. The highest BCUT2D eigenvalue weighted by Gasteiger charge is 2.37. The van der Waals surface area contributed by atoms with Gasteiger partial charge in [-0.05, 0) is 25.9 Å². The van der Waals surface area contributed by atoms with Gasteiger partial charge in [-0.2, -0.15) is 22.5 Å². The number of hydrogen-bond donors (Lipinski definition) is 1. The second-order valence-electron chi connectivity index (χ2n) is 4.06. The molecule has 1 N–H and O–H groups in total. The van der Waals surface area contributed by atoms with E-state index in [1.807, 2.05) is 11.9 Å². The van der Waals surface area contributed by atoms with Crippen molar-refractivity contribution in [3.63, 3.8) is 0 Å². The zero-order valence-electron chi connectivity index (χ0n) is 9.29. The van der Waals surface area contributed by atoms with Crippen LogP contribution in [0.1, 0.15) is 12.2 Å². The van der Waals surface area contributed by atoms with E-state index < -0.39 is 12.0 Å². The lowest BCUT2D eigenvalue weighted by atomic mass is 10.1. The SMILES string of the molecule is CNCC1CCN(c2nc(C(F)(F)F)ns2)C1. The molecule has 2 rings (SSSR count). The van der Waals surface area contributed by atoms with Crippen LogP contribution < -0.4 is 10.2 Å². The first-order valence-electron chi connectivity index (χ1n) is 5.31. The van der Waals surface area contributed by atoms with Gasteiger partial charge in [0.05, 0.1) is 0 Å². The van der Waals surface area contributed by atoms with Crippen LogP contribution in [0.25, 0.3) is 0 Å². The lowest BCUT2D eigenvalue weighted by molar-refractivity contribution is -0.144. The van der Waals surface area contributed by atoms with Gasteiger partial charge in [0, 0.05) is 24.6 Å². The van der Waals surface area contributed by atoms with Crippen molar-refractivity contribution in [2.45, 2.75) is 12.6 Å². The van der Waals surface area contributed by atoms with Crippen LogP contribution in [-0.2, 0) is 6.18 Å². The Hall–Kier alpha value is -0.890. The molecule has 0 spiro atoms. The van der Waals surface area contributed by atoms with Crippen LogP contribution >= 0.6 is 11.5 Å². The minimum Gasteiger partial charge on any atom is -0.347 e. The van der Waals surface area contributed by atoms with Crippen LogP contribution in [0.2, 0.25) is 0 Å². The highest BCUT2D eigenvalue weighted by atomic mass is 32.1. The molecule has 0 aliphatic carbocycles. The van der Waals surface area contributed by atoms with Crippen molar-refractivity contribution in [2.24, 2.45) is 5.92 Å². The summed E-state index contributed by atoms with van der Waals surface area (Å²) < 4.78 is 40.4. The van der Waals surface area contributed by atoms with Gasteiger partial charge in [0.2, 0.25) is 11.0 Å². The second kappa shape index (κ2) is 4.77. The van der Waals surface area contributed by atoms with Gasteiger partial charge in [0.25, 0.3) is 0 Å². The van der Waals surface area contributed by atoms with Crippen LogP contribution in [0.5, 0.6) is 0 Å². The first-order chi connectivity index (χ1) is 8.00. The van der Waals surface area contributed by atoms with E-state index in [1.54, 1.807) is 0 Å². The molecule has 1 aliphatic rings. The Bertz CT molecular complexity index is 379. The Morgan fingerprint density at radius 2 is 2.29 bits per heavy atom. The minimum atomic E-state index is -4.45. The number of anilines is 1. The lowest BCUT2D eigenvalue weighted by Gasteiger charge is -2.13. The summed E-state index contributed by atoms with van der Waals surface area (Å²) in [6.07, 6.45) is -3.47. The van der Waals surface area contributed by atoms with Gasteiger partial charge in [-0.15, -0.1) is 0 Å². The van der Waals surface area contributed by atoms with Crippen molar-refractivity contribution in [2.75, 3.05) is 31.6 Å². The predicted molar refractivity (Wildman–Crippen MR) is 59.2 cm³/mol. The van der Waals surface area contributed by atoms with Crippen LogP contribution in [0, 0.1) is 5.92 Å². The minimum absolute atomic E-state index is 0.371. The third-order valence-electron chi connectivity index (χ3n) is 2.72. The third kappa shape index (κ3) is 2.86. The molecular formula is C9H13F3N4S. The number of aromatic nitrogens is 2. The molecule has 1 aromatic rings. The molecule has 1 fully saturated rings. The average molecular weight is 266 g/mol. The monoisotopic (exact) mass is 266 g/mol. The van der Waals surface area contributed by atoms with Crippen LogP contribution in [0.15, 0.2) is 0 Å². The molecule has 96 valence electrons. The number of rotatable bonds is 3. The highest BCUT2D eigenvalue weighted by Crippen LogP contribution is 2.32. The number of halogens is 3. The molecule has 8 heteroatoms. The summed E-state index contributed by atoms with van der Waals surface area (Å²) in [7, 11) is 1.87. The molecule has 1 saturated heterocycles. The first-order valence-corrected chi connectivity index (χ1v) is 6.08. The Labute approximate surface area is 101 Å². The van der Waals surface area contributed by atoms with Crippen LogP contribution in [0.4, 0.5) is 18.3 Å². The molecular weight excluding hydrogens is 253 g/mol. The summed E-state index contributed by atoms with van der Waals surface area (Å²) >= 11 is 0.818. The van der Waals surface area contributed by atoms with Crippen molar-refractivity contribution >= 4 is 16.7 Å². The summed E-state index contributed by atoms with van der Waals surface area (Å²) in [4.78, 5) is 5.42. The Balaban J connectivity index is 2.02. The van der Waals surface area contributed by atoms with Crippen molar-refractivity contribution in [1.82, 2.24) is 14.7 Å². The third-order valence-corrected chi connectivity index (χ3v) is 3.50. The lowest BCUT2D eigenvalue weighted by Crippen LogP contribution is -2.24. The molecule has 1 unspecified atom stereocenters. The summed E-state index contributed by atoms with van der Waals surface area (Å²) in [5, 5.41) is 3.44. The van der Waals surface area contributed by atoms with E-state index in [-0.39, 0.29) is 0 Å². The molecule has 1 aromatic heterocycles. The Morgan fingerprint density at radius 3 is 2.88 bits per heavy atom. The normalized spacial score (nSPS) is 21.2. The molecule has 0 bridgehead atoms. The van der Waals surface area contributed by atoms with Crippen molar-refractivity contribution < 1.29 is 13.2 Å². The number of hydrogen-bond acceptors (Lipinski definition) is 5. The number of alkyl halides is 3. The second-order valence-corrected chi connectivity index (χ2v) is 4.79. The summed E-state index contributed by atoms with van der Waals surface area (Å²) in [6, 6.07) is 0. The van der Waals surface area contributed by atoms with Gasteiger partial charge in [-0.25, -0.2) is 0 Å². The molecule has 4 nitrogen and oxygen atoms in total. The summed E-state index contributed by atoms with van der Waals surface area (Å²) in [5.41, 5.74) is 0. The van der Waals surface area contributed by atoms with Crippen LogP contribution in [-0.4, -0.2) is 36.0 Å². The standard InChI is InChI=1S/C9H13F3N4S/c1-13-4-6-2-3-16(5-6)8-14-7(15-17-8)9(10,11)12/h6,13H,2-5H2,1H3. The van der Waals surface area contributed by atoms with Gasteiger partial charge >= 0.3 is 6.18 Å². The zero-order valence-corrected chi connectivity index (χ0v) is 10.1. The Morgan fingerprint density at radius 1 is 1.53 bits per heavy atom. The molecule has 2 heterocycles. The van der Waals surface area contributed by atoms with Gasteiger partial charge in [-0.3, -0.25) is 0 Å². The largest absolute Gasteiger partial charge is 0.452 e. The summed E-state index contributed by atoms with van der Waals surface area (Å²) in [5.74, 6) is -0.562. The van der Waals surface area contributed by atoms with E-state index in [0.29, 0.717) is 11.0 Å². The smallest absolute Gasteiger partial charge is 0.347 e. The maximum atomic E-state index is 12.3. The Kier molecular flexibility index (Phi) is 3.53. The molecule has 17 heavy (non-hydrogen) atoms. The van der Waals surface area contributed by atoms with Gasteiger partial charge in [0.1, 0.15) is 0 Å². The first kappa shape index (κ1) is 12.6. The predicted octanol–water partition coefficient (Wildman–Crippen LogP) is 1.60. The van der Waals surface area contributed by atoms with E-state index in [2.05, 4.69) is 14.7 Å².